The maximum absolute atomic E-state index is 12.3. The molecule has 2 rings (SSSR count). The number of alkyl halides is 2. The quantitative estimate of drug-likeness (QED) is 0.839. The number of hydrogen-bond acceptors (Lipinski definition) is 2. The molecular formula is C12H13F2N3. The molecule has 0 unspecified atom stereocenters. The lowest BCUT2D eigenvalue weighted by atomic mass is 10.1. The van der Waals surface area contributed by atoms with Crippen molar-refractivity contribution in [2.45, 2.75) is 19.5 Å². The van der Waals surface area contributed by atoms with Crippen LogP contribution in [-0.4, -0.2) is 9.97 Å². The molecule has 0 aliphatic heterocycles. The first-order valence-corrected chi connectivity index (χ1v) is 5.30. The highest BCUT2D eigenvalue weighted by atomic mass is 19.3. The predicted molar refractivity (Wildman–Crippen MR) is 60.5 cm³/mol. The van der Waals surface area contributed by atoms with Crippen molar-refractivity contribution in [3.63, 3.8) is 0 Å². The van der Waals surface area contributed by atoms with Crippen molar-refractivity contribution in [1.29, 1.82) is 0 Å². The smallest absolute Gasteiger partial charge is 0.263 e. The lowest BCUT2D eigenvalue weighted by molar-refractivity contribution is 0.151. The minimum atomic E-state index is -2.40. The molecule has 1 aromatic heterocycles. The number of H-pyrrole nitrogens is 1. The van der Waals surface area contributed by atoms with E-state index in [0.29, 0.717) is 13.1 Å². The van der Waals surface area contributed by atoms with Gasteiger partial charge in [0.15, 0.2) is 0 Å². The summed E-state index contributed by atoms with van der Waals surface area (Å²) in [5.74, 6) is 0. The molecule has 1 aromatic carbocycles. The number of aromatic nitrogens is 2. The summed E-state index contributed by atoms with van der Waals surface area (Å²) in [6.45, 7) is 1.32. The number of nitrogens with one attached hydrogen (secondary N) is 2. The molecule has 0 atom stereocenters. The van der Waals surface area contributed by atoms with Crippen LogP contribution in [0.4, 0.5) is 8.78 Å². The molecular weight excluding hydrogens is 224 g/mol. The Labute approximate surface area is 97.9 Å². The van der Waals surface area contributed by atoms with Gasteiger partial charge in [0, 0.05) is 30.5 Å². The first-order chi connectivity index (χ1) is 8.25. The van der Waals surface area contributed by atoms with Crippen molar-refractivity contribution in [3.05, 3.63) is 53.6 Å². The van der Waals surface area contributed by atoms with Crippen LogP contribution < -0.4 is 5.32 Å². The van der Waals surface area contributed by atoms with Crippen LogP contribution in [0.15, 0.2) is 36.8 Å². The highest BCUT2D eigenvalue weighted by Gasteiger charge is 2.05. The average Bonchev–Trinajstić information content (AvgIpc) is 2.83. The molecule has 0 radical (unpaired) electrons. The largest absolute Gasteiger partial charge is 0.347 e. The lowest BCUT2D eigenvalue weighted by Gasteiger charge is -2.05. The third-order valence-corrected chi connectivity index (χ3v) is 2.43. The topological polar surface area (TPSA) is 40.7 Å². The second kappa shape index (κ2) is 5.54. The normalized spacial score (nSPS) is 11.0. The van der Waals surface area contributed by atoms with Crippen molar-refractivity contribution >= 4 is 0 Å². The fraction of sp³-hybridized carbons (Fsp3) is 0.250. The van der Waals surface area contributed by atoms with Crippen LogP contribution in [0.1, 0.15) is 23.2 Å². The summed E-state index contributed by atoms with van der Waals surface area (Å²) in [5.41, 5.74) is 2.03. The van der Waals surface area contributed by atoms with Crippen LogP contribution in [0.2, 0.25) is 0 Å². The molecule has 0 bridgehead atoms. The van der Waals surface area contributed by atoms with Crippen LogP contribution in [0.25, 0.3) is 0 Å². The van der Waals surface area contributed by atoms with Gasteiger partial charge in [0.2, 0.25) is 0 Å². The average molecular weight is 237 g/mol. The Balaban J connectivity index is 1.83. The Morgan fingerprint density at radius 1 is 1.18 bits per heavy atom. The summed E-state index contributed by atoms with van der Waals surface area (Å²) in [5, 5.41) is 3.19. The molecule has 0 saturated carbocycles. The third-order valence-electron chi connectivity index (χ3n) is 2.43. The predicted octanol–water partition coefficient (Wildman–Crippen LogP) is 2.64. The minimum Gasteiger partial charge on any atom is -0.347 e. The van der Waals surface area contributed by atoms with Gasteiger partial charge in [0.05, 0.1) is 6.33 Å². The van der Waals surface area contributed by atoms with E-state index in [0.717, 1.165) is 11.3 Å². The van der Waals surface area contributed by atoms with Gasteiger partial charge >= 0.3 is 0 Å². The van der Waals surface area contributed by atoms with E-state index in [1.807, 2.05) is 0 Å². The number of imidazole rings is 1. The zero-order valence-corrected chi connectivity index (χ0v) is 9.16. The Kier molecular flexibility index (Phi) is 3.82. The van der Waals surface area contributed by atoms with Gasteiger partial charge in [-0.3, -0.25) is 0 Å². The molecule has 0 spiro atoms. The summed E-state index contributed by atoms with van der Waals surface area (Å²) in [6, 6.07) is 6.33. The zero-order chi connectivity index (χ0) is 12.1. The van der Waals surface area contributed by atoms with E-state index in [1.54, 1.807) is 24.7 Å². The number of hydrogen-bond donors (Lipinski definition) is 2. The van der Waals surface area contributed by atoms with Crippen LogP contribution in [0.3, 0.4) is 0 Å². The van der Waals surface area contributed by atoms with E-state index in [9.17, 15) is 8.78 Å². The summed E-state index contributed by atoms with van der Waals surface area (Å²) in [6.07, 6.45) is 0.962. The number of halogens is 2. The van der Waals surface area contributed by atoms with Crippen molar-refractivity contribution in [2.75, 3.05) is 0 Å². The molecule has 0 saturated heterocycles. The first-order valence-electron chi connectivity index (χ1n) is 5.30. The Hall–Kier alpha value is -1.75. The third kappa shape index (κ3) is 3.35. The Morgan fingerprint density at radius 3 is 2.53 bits per heavy atom. The van der Waals surface area contributed by atoms with Gasteiger partial charge < -0.3 is 10.3 Å². The van der Waals surface area contributed by atoms with Crippen molar-refractivity contribution in [1.82, 2.24) is 15.3 Å². The fourth-order valence-electron chi connectivity index (χ4n) is 1.50. The van der Waals surface area contributed by atoms with E-state index in [4.69, 9.17) is 0 Å². The van der Waals surface area contributed by atoms with E-state index >= 15 is 0 Å². The number of nitrogens with zero attached hydrogens (tertiary/aromatic N) is 1. The number of benzene rings is 1. The Morgan fingerprint density at radius 2 is 1.94 bits per heavy atom. The molecule has 90 valence electrons. The molecule has 17 heavy (non-hydrogen) atoms. The van der Waals surface area contributed by atoms with E-state index in [-0.39, 0.29) is 5.56 Å². The van der Waals surface area contributed by atoms with Gasteiger partial charge in [-0.25, -0.2) is 13.8 Å². The molecule has 5 heteroatoms. The van der Waals surface area contributed by atoms with E-state index in [1.165, 1.54) is 12.1 Å². The summed E-state index contributed by atoms with van der Waals surface area (Å²) >= 11 is 0. The highest BCUT2D eigenvalue weighted by Crippen LogP contribution is 2.18. The lowest BCUT2D eigenvalue weighted by Crippen LogP contribution is -2.12. The van der Waals surface area contributed by atoms with E-state index in [2.05, 4.69) is 15.3 Å². The molecule has 2 N–H and O–H groups in total. The maximum Gasteiger partial charge on any atom is 0.263 e. The summed E-state index contributed by atoms with van der Waals surface area (Å²) < 4.78 is 24.6. The second-order valence-corrected chi connectivity index (χ2v) is 3.72. The fourth-order valence-corrected chi connectivity index (χ4v) is 1.50. The number of aromatic amines is 1. The van der Waals surface area contributed by atoms with Crippen LogP contribution >= 0.6 is 0 Å². The molecule has 0 fully saturated rings. The monoisotopic (exact) mass is 237 g/mol. The zero-order valence-electron chi connectivity index (χ0n) is 9.16. The van der Waals surface area contributed by atoms with Crippen LogP contribution in [-0.2, 0) is 13.1 Å². The maximum atomic E-state index is 12.3. The minimum absolute atomic E-state index is 0.0577. The standard InChI is InChI=1S/C12H13F2N3/c13-12(14)10-3-1-9(2-4-10)5-15-6-11-7-16-8-17-11/h1-4,7-8,12,15H,5-6H2,(H,16,17). The van der Waals surface area contributed by atoms with Gasteiger partial charge in [0.25, 0.3) is 6.43 Å². The van der Waals surface area contributed by atoms with Gasteiger partial charge in [-0.15, -0.1) is 0 Å². The molecule has 0 aliphatic rings. The van der Waals surface area contributed by atoms with E-state index < -0.39 is 6.43 Å². The van der Waals surface area contributed by atoms with Crippen molar-refractivity contribution < 1.29 is 8.78 Å². The summed E-state index contributed by atoms with van der Waals surface area (Å²) in [4.78, 5) is 6.87. The van der Waals surface area contributed by atoms with Gasteiger partial charge in [0.1, 0.15) is 0 Å². The number of rotatable bonds is 5. The first kappa shape index (κ1) is 11.7. The summed E-state index contributed by atoms with van der Waals surface area (Å²) in [7, 11) is 0. The molecule has 3 nitrogen and oxygen atoms in total. The van der Waals surface area contributed by atoms with Crippen LogP contribution in [0.5, 0.6) is 0 Å². The van der Waals surface area contributed by atoms with Crippen molar-refractivity contribution in [3.8, 4) is 0 Å². The van der Waals surface area contributed by atoms with Gasteiger partial charge in [-0.2, -0.15) is 0 Å². The second-order valence-electron chi connectivity index (χ2n) is 3.72. The highest BCUT2D eigenvalue weighted by molar-refractivity contribution is 5.23. The Bertz CT molecular complexity index is 437. The molecule has 0 amide bonds. The van der Waals surface area contributed by atoms with Gasteiger partial charge in [-0.1, -0.05) is 24.3 Å². The molecule has 1 heterocycles. The molecule has 0 aliphatic carbocycles. The van der Waals surface area contributed by atoms with Crippen LogP contribution in [0, 0.1) is 0 Å². The van der Waals surface area contributed by atoms with Crippen molar-refractivity contribution in [2.24, 2.45) is 0 Å². The SMILES string of the molecule is FC(F)c1ccc(CNCc2cnc[nH]2)cc1. The molecule has 2 aromatic rings. The van der Waals surface area contributed by atoms with Gasteiger partial charge in [-0.05, 0) is 5.56 Å².